The van der Waals surface area contributed by atoms with E-state index in [-0.39, 0.29) is 0 Å². The van der Waals surface area contributed by atoms with Crippen molar-refractivity contribution < 1.29 is 4.74 Å². The standard InChI is InChI=1S/C20H17NO/c1-22-15-8-6-13(7-9-15)20-18-12-14-4-2-3-5-16(14)17(18)10-11-19(20)21/h2-11H,12,21H2,1H3. The van der Waals surface area contributed by atoms with E-state index < -0.39 is 0 Å². The number of hydrogen-bond donors (Lipinski definition) is 1. The minimum atomic E-state index is 0.830. The van der Waals surface area contributed by atoms with Gasteiger partial charge in [-0.1, -0.05) is 42.5 Å². The van der Waals surface area contributed by atoms with Gasteiger partial charge in [0, 0.05) is 11.3 Å². The van der Waals surface area contributed by atoms with E-state index in [9.17, 15) is 0 Å². The van der Waals surface area contributed by atoms with Crippen molar-refractivity contribution in [2.75, 3.05) is 12.8 Å². The van der Waals surface area contributed by atoms with Crippen LogP contribution in [-0.4, -0.2) is 7.11 Å². The monoisotopic (exact) mass is 287 g/mol. The summed E-state index contributed by atoms with van der Waals surface area (Å²) in [6, 6.07) is 20.9. The van der Waals surface area contributed by atoms with Crippen LogP contribution in [0.5, 0.6) is 5.75 Å². The smallest absolute Gasteiger partial charge is 0.118 e. The van der Waals surface area contributed by atoms with Gasteiger partial charge in [0.05, 0.1) is 7.11 Å². The van der Waals surface area contributed by atoms with Gasteiger partial charge < -0.3 is 10.5 Å². The first kappa shape index (κ1) is 13.0. The minimum absolute atomic E-state index is 0.830. The van der Waals surface area contributed by atoms with Crippen LogP contribution in [0.1, 0.15) is 11.1 Å². The lowest BCUT2D eigenvalue weighted by Crippen LogP contribution is -1.95. The van der Waals surface area contributed by atoms with Crippen molar-refractivity contribution in [2.24, 2.45) is 0 Å². The molecule has 2 N–H and O–H groups in total. The van der Waals surface area contributed by atoms with Gasteiger partial charge in [-0.2, -0.15) is 0 Å². The number of rotatable bonds is 2. The van der Waals surface area contributed by atoms with Crippen molar-refractivity contribution in [3.8, 4) is 28.0 Å². The van der Waals surface area contributed by atoms with E-state index in [1.807, 2.05) is 18.2 Å². The number of ether oxygens (including phenoxy) is 1. The Morgan fingerprint density at radius 2 is 1.64 bits per heavy atom. The molecule has 22 heavy (non-hydrogen) atoms. The molecule has 108 valence electrons. The Bertz CT molecular complexity index is 850. The number of anilines is 1. The van der Waals surface area contributed by atoms with E-state index in [4.69, 9.17) is 10.5 Å². The fourth-order valence-corrected chi connectivity index (χ4v) is 3.33. The van der Waals surface area contributed by atoms with Gasteiger partial charge in [-0.25, -0.2) is 0 Å². The molecular weight excluding hydrogens is 270 g/mol. The molecule has 0 unspecified atom stereocenters. The quantitative estimate of drug-likeness (QED) is 0.550. The molecular formula is C20H17NO. The van der Waals surface area contributed by atoms with E-state index >= 15 is 0 Å². The number of benzene rings is 3. The predicted molar refractivity (Wildman–Crippen MR) is 91.1 cm³/mol. The molecule has 0 aromatic heterocycles. The number of nitrogen functional groups attached to an aromatic ring is 1. The van der Waals surface area contributed by atoms with Crippen LogP contribution < -0.4 is 10.5 Å². The van der Waals surface area contributed by atoms with E-state index in [0.717, 1.165) is 29.0 Å². The van der Waals surface area contributed by atoms with E-state index in [2.05, 4.69) is 42.5 Å². The van der Waals surface area contributed by atoms with Gasteiger partial charge in [-0.3, -0.25) is 0 Å². The number of nitrogens with two attached hydrogens (primary N) is 1. The lowest BCUT2D eigenvalue weighted by atomic mass is 9.94. The summed E-state index contributed by atoms with van der Waals surface area (Å²) in [5.74, 6) is 0.859. The van der Waals surface area contributed by atoms with Crippen LogP contribution >= 0.6 is 0 Å². The van der Waals surface area contributed by atoms with Crippen molar-refractivity contribution in [2.45, 2.75) is 6.42 Å². The summed E-state index contributed by atoms with van der Waals surface area (Å²) in [5, 5.41) is 0. The Labute approximate surface area is 130 Å². The van der Waals surface area contributed by atoms with Crippen LogP contribution in [0, 0.1) is 0 Å². The first-order chi connectivity index (χ1) is 10.8. The van der Waals surface area contributed by atoms with Gasteiger partial charge in [0.15, 0.2) is 0 Å². The molecule has 2 nitrogen and oxygen atoms in total. The number of hydrogen-bond acceptors (Lipinski definition) is 2. The van der Waals surface area contributed by atoms with Gasteiger partial charge in [-0.05, 0) is 52.4 Å². The second-order valence-corrected chi connectivity index (χ2v) is 5.62. The molecule has 0 saturated carbocycles. The van der Waals surface area contributed by atoms with Crippen molar-refractivity contribution in [1.29, 1.82) is 0 Å². The normalized spacial score (nSPS) is 11.9. The highest BCUT2D eigenvalue weighted by Crippen LogP contribution is 2.44. The molecule has 1 aliphatic rings. The topological polar surface area (TPSA) is 35.2 Å². The molecule has 0 fully saturated rings. The van der Waals surface area contributed by atoms with Gasteiger partial charge in [-0.15, -0.1) is 0 Å². The van der Waals surface area contributed by atoms with Gasteiger partial charge in [0.25, 0.3) is 0 Å². The maximum Gasteiger partial charge on any atom is 0.118 e. The SMILES string of the molecule is COc1ccc(-c2c(N)ccc3c2Cc2ccccc2-3)cc1. The first-order valence-corrected chi connectivity index (χ1v) is 7.42. The molecule has 0 amide bonds. The summed E-state index contributed by atoms with van der Waals surface area (Å²) in [4.78, 5) is 0. The molecule has 0 heterocycles. The third-order valence-corrected chi connectivity index (χ3v) is 4.40. The molecule has 2 heteroatoms. The van der Waals surface area contributed by atoms with Crippen LogP contribution in [-0.2, 0) is 6.42 Å². The summed E-state index contributed by atoms with van der Waals surface area (Å²) < 4.78 is 5.25. The molecule has 0 saturated heterocycles. The Morgan fingerprint density at radius 1 is 0.864 bits per heavy atom. The largest absolute Gasteiger partial charge is 0.497 e. The van der Waals surface area contributed by atoms with Crippen molar-refractivity contribution >= 4 is 5.69 Å². The highest BCUT2D eigenvalue weighted by molar-refractivity contribution is 5.90. The molecule has 3 aromatic rings. The predicted octanol–water partition coefficient (Wildman–Crippen LogP) is 4.52. The molecule has 0 atom stereocenters. The van der Waals surface area contributed by atoms with Crippen molar-refractivity contribution in [3.63, 3.8) is 0 Å². The molecule has 4 rings (SSSR count). The fourth-order valence-electron chi connectivity index (χ4n) is 3.33. The van der Waals surface area contributed by atoms with Crippen molar-refractivity contribution in [3.05, 3.63) is 71.8 Å². The molecule has 0 aliphatic heterocycles. The fraction of sp³-hybridized carbons (Fsp3) is 0.100. The maximum atomic E-state index is 6.30. The van der Waals surface area contributed by atoms with E-state index in [0.29, 0.717) is 0 Å². The van der Waals surface area contributed by atoms with Crippen molar-refractivity contribution in [1.82, 2.24) is 0 Å². The average Bonchev–Trinajstić information content (AvgIpc) is 2.93. The molecule has 1 aliphatic carbocycles. The lowest BCUT2D eigenvalue weighted by molar-refractivity contribution is 0.415. The zero-order valence-electron chi connectivity index (χ0n) is 12.5. The summed E-state index contributed by atoms with van der Waals surface area (Å²) in [6.45, 7) is 0. The maximum absolute atomic E-state index is 6.30. The third kappa shape index (κ3) is 1.88. The highest BCUT2D eigenvalue weighted by Gasteiger charge is 2.22. The highest BCUT2D eigenvalue weighted by atomic mass is 16.5. The second-order valence-electron chi connectivity index (χ2n) is 5.62. The van der Waals surface area contributed by atoms with Crippen LogP contribution in [0.3, 0.4) is 0 Å². The first-order valence-electron chi connectivity index (χ1n) is 7.42. The Morgan fingerprint density at radius 3 is 2.41 bits per heavy atom. The zero-order valence-corrected chi connectivity index (χ0v) is 12.5. The van der Waals surface area contributed by atoms with E-state index in [1.54, 1.807) is 7.11 Å². The molecule has 3 aromatic carbocycles. The van der Waals surface area contributed by atoms with Gasteiger partial charge in [0.1, 0.15) is 5.75 Å². The van der Waals surface area contributed by atoms with Gasteiger partial charge in [0.2, 0.25) is 0 Å². The number of methoxy groups -OCH3 is 1. The van der Waals surface area contributed by atoms with Crippen LogP contribution in [0.25, 0.3) is 22.3 Å². The molecule has 0 radical (unpaired) electrons. The Balaban J connectivity index is 1.91. The minimum Gasteiger partial charge on any atom is -0.497 e. The van der Waals surface area contributed by atoms with Crippen LogP contribution in [0.4, 0.5) is 5.69 Å². The number of fused-ring (bicyclic) bond motifs is 3. The van der Waals surface area contributed by atoms with E-state index in [1.165, 1.54) is 22.3 Å². The molecule has 0 bridgehead atoms. The zero-order chi connectivity index (χ0) is 15.1. The Hall–Kier alpha value is -2.74. The Kier molecular flexibility index (Phi) is 2.90. The average molecular weight is 287 g/mol. The summed E-state index contributed by atoms with van der Waals surface area (Å²) >= 11 is 0. The summed E-state index contributed by atoms with van der Waals surface area (Å²) in [7, 11) is 1.68. The lowest BCUT2D eigenvalue weighted by Gasteiger charge is -2.13. The summed E-state index contributed by atoms with van der Waals surface area (Å²) in [5.41, 5.74) is 14.7. The van der Waals surface area contributed by atoms with Gasteiger partial charge >= 0.3 is 0 Å². The van der Waals surface area contributed by atoms with Crippen LogP contribution in [0.2, 0.25) is 0 Å². The van der Waals surface area contributed by atoms with Crippen LogP contribution in [0.15, 0.2) is 60.7 Å². The third-order valence-electron chi connectivity index (χ3n) is 4.40. The second kappa shape index (κ2) is 4.92. The molecule has 0 spiro atoms. The summed E-state index contributed by atoms with van der Waals surface area (Å²) in [6.07, 6.45) is 0.942.